The lowest BCUT2D eigenvalue weighted by Gasteiger charge is -2.38. The van der Waals surface area contributed by atoms with Crippen molar-refractivity contribution in [3.8, 4) is 0 Å². The lowest BCUT2D eigenvalue weighted by Crippen LogP contribution is -2.53. The van der Waals surface area contributed by atoms with Crippen LogP contribution in [0.15, 0.2) is 54.7 Å². The number of anilines is 1. The minimum atomic E-state index is 0.218. The second-order valence-corrected chi connectivity index (χ2v) is 8.71. The minimum absolute atomic E-state index is 0.218. The summed E-state index contributed by atoms with van der Waals surface area (Å²) >= 11 is 0. The summed E-state index contributed by atoms with van der Waals surface area (Å²) < 4.78 is 5.50. The smallest absolute Gasteiger partial charge is 0.236 e. The average Bonchev–Trinajstić information content (AvgIpc) is 2.85. The third kappa shape index (κ3) is 6.28. The molecule has 1 aromatic heterocycles. The van der Waals surface area contributed by atoms with Crippen LogP contribution in [0.5, 0.6) is 0 Å². The van der Waals surface area contributed by atoms with Crippen molar-refractivity contribution in [1.29, 1.82) is 0 Å². The number of pyridine rings is 1. The van der Waals surface area contributed by atoms with E-state index in [9.17, 15) is 4.79 Å². The molecule has 7 heteroatoms. The van der Waals surface area contributed by atoms with Crippen LogP contribution in [0, 0.1) is 0 Å². The number of hydrogen-bond acceptors (Lipinski definition) is 6. The van der Waals surface area contributed by atoms with Gasteiger partial charge in [0.15, 0.2) is 0 Å². The number of benzene rings is 1. The van der Waals surface area contributed by atoms with Crippen molar-refractivity contribution in [3.63, 3.8) is 0 Å². The molecule has 0 radical (unpaired) electrons. The van der Waals surface area contributed by atoms with Gasteiger partial charge in [-0.3, -0.25) is 14.6 Å². The minimum Gasteiger partial charge on any atom is -0.379 e. The fourth-order valence-corrected chi connectivity index (χ4v) is 4.46. The molecule has 1 atom stereocenters. The quantitative estimate of drug-likeness (QED) is 0.629. The van der Waals surface area contributed by atoms with E-state index in [2.05, 4.69) is 50.9 Å². The van der Waals surface area contributed by atoms with Gasteiger partial charge in [-0.15, -0.1) is 0 Å². The SMILES string of the molecule is CC(CN1CCOCC1)N(CC(=O)N1CCN(c2ccccn2)CC1)Cc1ccccc1. The van der Waals surface area contributed by atoms with Crippen molar-refractivity contribution in [2.45, 2.75) is 19.5 Å². The van der Waals surface area contributed by atoms with Crippen LogP contribution in [0.3, 0.4) is 0 Å². The number of piperazine rings is 1. The fourth-order valence-electron chi connectivity index (χ4n) is 4.46. The number of aromatic nitrogens is 1. The third-order valence-electron chi connectivity index (χ3n) is 6.42. The van der Waals surface area contributed by atoms with Gasteiger partial charge in [0.2, 0.25) is 5.91 Å². The first-order chi connectivity index (χ1) is 15.7. The molecule has 4 rings (SSSR count). The van der Waals surface area contributed by atoms with Crippen LogP contribution in [-0.4, -0.2) is 97.2 Å². The van der Waals surface area contributed by atoms with E-state index in [0.29, 0.717) is 6.54 Å². The molecular weight excluding hydrogens is 402 g/mol. The Bertz CT molecular complexity index is 821. The summed E-state index contributed by atoms with van der Waals surface area (Å²) in [4.78, 5) is 26.7. The van der Waals surface area contributed by atoms with Gasteiger partial charge in [-0.1, -0.05) is 36.4 Å². The lowest BCUT2D eigenvalue weighted by molar-refractivity contribution is -0.133. The molecule has 0 saturated carbocycles. The van der Waals surface area contributed by atoms with Crippen molar-refractivity contribution < 1.29 is 9.53 Å². The van der Waals surface area contributed by atoms with Gasteiger partial charge >= 0.3 is 0 Å². The highest BCUT2D eigenvalue weighted by Crippen LogP contribution is 2.15. The highest BCUT2D eigenvalue weighted by molar-refractivity contribution is 5.78. The molecule has 172 valence electrons. The standard InChI is InChI=1S/C25H35N5O2/c1-22(19-27-15-17-32-18-16-27)30(20-23-7-3-2-4-8-23)21-25(31)29-13-11-28(12-14-29)24-9-5-6-10-26-24/h2-10,22H,11-21H2,1H3. The summed E-state index contributed by atoms with van der Waals surface area (Å²) in [7, 11) is 0. The van der Waals surface area contributed by atoms with Crippen LogP contribution in [0.4, 0.5) is 5.82 Å². The molecule has 2 saturated heterocycles. The Kier molecular flexibility index (Phi) is 8.09. The summed E-state index contributed by atoms with van der Waals surface area (Å²) in [6, 6.07) is 16.7. The molecule has 1 unspecified atom stereocenters. The Balaban J connectivity index is 1.35. The molecule has 1 amide bonds. The molecule has 2 aliphatic rings. The van der Waals surface area contributed by atoms with Gasteiger partial charge in [-0.2, -0.15) is 0 Å². The summed E-state index contributed by atoms with van der Waals surface area (Å²) in [5, 5.41) is 0. The molecule has 0 bridgehead atoms. The number of carbonyl (C=O) groups is 1. The van der Waals surface area contributed by atoms with Crippen LogP contribution < -0.4 is 4.90 Å². The monoisotopic (exact) mass is 437 g/mol. The number of ether oxygens (including phenoxy) is 1. The molecule has 32 heavy (non-hydrogen) atoms. The van der Waals surface area contributed by atoms with Gasteiger partial charge in [0, 0.05) is 64.6 Å². The molecule has 3 heterocycles. The highest BCUT2D eigenvalue weighted by atomic mass is 16.5. The Morgan fingerprint density at radius 2 is 1.72 bits per heavy atom. The van der Waals surface area contributed by atoms with Gasteiger partial charge in [-0.05, 0) is 24.6 Å². The van der Waals surface area contributed by atoms with Crippen LogP contribution in [0.25, 0.3) is 0 Å². The predicted molar refractivity (Wildman–Crippen MR) is 127 cm³/mol. The van der Waals surface area contributed by atoms with E-state index in [1.165, 1.54) is 5.56 Å². The van der Waals surface area contributed by atoms with Gasteiger partial charge in [0.05, 0.1) is 19.8 Å². The lowest BCUT2D eigenvalue weighted by atomic mass is 10.1. The number of morpholine rings is 1. The summed E-state index contributed by atoms with van der Waals surface area (Å²) in [6.07, 6.45) is 1.82. The zero-order chi connectivity index (χ0) is 22.2. The first kappa shape index (κ1) is 22.7. The zero-order valence-electron chi connectivity index (χ0n) is 19.1. The first-order valence-corrected chi connectivity index (χ1v) is 11.7. The van der Waals surface area contributed by atoms with E-state index in [-0.39, 0.29) is 11.9 Å². The molecule has 0 N–H and O–H groups in total. The number of amides is 1. The van der Waals surface area contributed by atoms with E-state index in [4.69, 9.17) is 4.74 Å². The van der Waals surface area contributed by atoms with Crippen molar-refractivity contribution in [2.75, 3.05) is 70.5 Å². The van der Waals surface area contributed by atoms with Gasteiger partial charge in [0.25, 0.3) is 0 Å². The molecule has 0 spiro atoms. The highest BCUT2D eigenvalue weighted by Gasteiger charge is 2.26. The zero-order valence-corrected chi connectivity index (χ0v) is 19.1. The van der Waals surface area contributed by atoms with E-state index in [0.717, 1.165) is 71.4 Å². The molecular formula is C25H35N5O2. The second-order valence-electron chi connectivity index (χ2n) is 8.71. The van der Waals surface area contributed by atoms with Crippen LogP contribution >= 0.6 is 0 Å². The third-order valence-corrected chi connectivity index (χ3v) is 6.42. The normalized spacial score (nSPS) is 18.7. The van der Waals surface area contributed by atoms with E-state index in [1.807, 2.05) is 35.4 Å². The van der Waals surface area contributed by atoms with E-state index >= 15 is 0 Å². The maximum Gasteiger partial charge on any atom is 0.236 e. The molecule has 2 fully saturated rings. The van der Waals surface area contributed by atoms with Crippen molar-refractivity contribution in [1.82, 2.24) is 19.7 Å². The molecule has 7 nitrogen and oxygen atoms in total. The van der Waals surface area contributed by atoms with E-state index in [1.54, 1.807) is 0 Å². The Hall–Kier alpha value is -2.48. The van der Waals surface area contributed by atoms with Gasteiger partial charge < -0.3 is 14.5 Å². The summed E-state index contributed by atoms with van der Waals surface area (Å²) in [5.74, 6) is 1.21. The molecule has 2 aliphatic heterocycles. The number of nitrogens with zero attached hydrogens (tertiary/aromatic N) is 5. The molecule has 2 aromatic rings. The number of rotatable bonds is 8. The molecule has 0 aliphatic carbocycles. The maximum absolute atomic E-state index is 13.3. The Morgan fingerprint density at radius 1 is 1.00 bits per heavy atom. The van der Waals surface area contributed by atoms with Crippen molar-refractivity contribution in [3.05, 3.63) is 60.3 Å². The maximum atomic E-state index is 13.3. The van der Waals surface area contributed by atoms with Gasteiger partial charge in [0.1, 0.15) is 5.82 Å². The van der Waals surface area contributed by atoms with Crippen LogP contribution in [0.1, 0.15) is 12.5 Å². The van der Waals surface area contributed by atoms with Gasteiger partial charge in [-0.25, -0.2) is 4.98 Å². The fraction of sp³-hybridized carbons (Fsp3) is 0.520. The summed E-state index contributed by atoms with van der Waals surface area (Å²) in [6.45, 7) is 11.1. The molecule has 1 aromatic carbocycles. The largest absolute Gasteiger partial charge is 0.379 e. The number of hydrogen-bond donors (Lipinski definition) is 0. The predicted octanol–water partition coefficient (Wildman–Crippen LogP) is 1.95. The van der Waals surface area contributed by atoms with E-state index < -0.39 is 0 Å². The van der Waals surface area contributed by atoms with Crippen LogP contribution in [-0.2, 0) is 16.1 Å². The topological polar surface area (TPSA) is 52.2 Å². The van der Waals surface area contributed by atoms with Crippen molar-refractivity contribution in [2.24, 2.45) is 0 Å². The second kappa shape index (κ2) is 11.4. The first-order valence-electron chi connectivity index (χ1n) is 11.7. The Morgan fingerprint density at radius 3 is 2.41 bits per heavy atom. The average molecular weight is 438 g/mol. The number of carbonyl (C=O) groups excluding carboxylic acids is 1. The van der Waals surface area contributed by atoms with Crippen molar-refractivity contribution >= 4 is 11.7 Å². The Labute approximate surface area is 191 Å². The van der Waals surface area contributed by atoms with Crippen LogP contribution in [0.2, 0.25) is 0 Å². The summed E-state index contributed by atoms with van der Waals surface area (Å²) in [5.41, 5.74) is 1.24.